The summed E-state index contributed by atoms with van der Waals surface area (Å²) in [5.74, 6) is -0.303. The fraction of sp³-hybridized carbons (Fsp3) is 0.100. The van der Waals surface area contributed by atoms with E-state index < -0.39 is 4.92 Å². The normalized spacial score (nSPS) is 10.4. The van der Waals surface area contributed by atoms with Crippen LogP contribution in [0.1, 0.15) is 21.7 Å². The molecule has 6 nitrogen and oxygen atoms in total. The van der Waals surface area contributed by atoms with Crippen LogP contribution in [0.4, 0.5) is 11.4 Å². The highest BCUT2D eigenvalue weighted by molar-refractivity contribution is 6.09. The molecule has 0 bridgehead atoms. The van der Waals surface area contributed by atoms with Gasteiger partial charge < -0.3 is 5.32 Å². The van der Waals surface area contributed by atoms with E-state index in [-0.39, 0.29) is 11.6 Å². The number of aromatic nitrogens is 1. The van der Waals surface area contributed by atoms with Gasteiger partial charge in [-0.05, 0) is 43.2 Å². The first kappa shape index (κ1) is 17.3. The highest BCUT2D eigenvalue weighted by Crippen LogP contribution is 2.29. The molecule has 0 aliphatic carbocycles. The number of anilines is 1. The van der Waals surface area contributed by atoms with E-state index in [1.165, 1.54) is 12.1 Å². The molecule has 0 aliphatic heterocycles. The van der Waals surface area contributed by atoms with E-state index in [0.717, 1.165) is 5.69 Å². The molecule has 1 amide bonds. The molecule has 0 saturated heterocycles. The van der Waals surface area contributed by atoms with Crippen LogP contribution in [0.5, 0.6) is 0 Å². The summed E-state index contributed by atoms with van der Waals surface area (Å²) >= 11 is 0. The van der Waals surface area contributed by atoms with Gasteiger partial charge in [0.25, 0.3) is 11.6 Å². The van der Waals surface area contributed by atoms with Crippen LogP contribution in [0.2, 0.25) is 0 Å². The van der Waals surface area contributed by atoms with Gasteiger partial charge in [-0.2, -0.15) is 0 Å². The van der Waals surface area contributed by atoms with Gasteiger partial charge in [0.15, 0.2) is 0 Å². The maximum atomic E-state index is 12.9. The van der Waals surface area contributed by atoms with Crippen LogP contribution in [0.15, 0.2) is 60.7 Å². The maximum absolute atomic E-state index is 12.9. The molecule has 1 heterocycles. The van der Waals surface area contributed by atoms with Crippen molar-refractivity contribution in [1.29, 1.82) is 0 Å². The summed E-state index contributed by atoms with van der Waals surface area (Å²) in [6.45, 7) is 3.58. The molecule has 1 N–H and O–H groups in total. The monoisotopic (exact) mass is 347 g/mol. The number of nitro benzene ring substituents is 1. The number of carbonyl (C=O) groups excluding carboxylic acids is 1. The van der Waals surface area contributed by atoms with Gasteiger partial charge in [-0.15, -0.1) is 0 Å². The first-order valence-electron chi connectivity index (χ1n) is 8.05. The summed E-state index contributed by atoms with van der Waals surface area (Å²) in [6.07, 6.45) is 0. The predicted molar refractivity (Wildman–Crippen MR) is 100 cm³/mol. The molecule has 1 aromatic heterocycles. The molecule has 0 spiro atoms. The number of hydrogen-bond acceptors (Lipinski definition) is 4. The van der Waals surface area contributed by atoms with Gasteiger partial charge in [0.05, 0.1) is 16.2 Å². The topological polar surface area (TPSA) is 85.1 Å². The van der Waals surface area contributed by atoms with E-state index in [9.17, 15) is 14.9 Å². The van der Waals surface area contributed by atoms with Crippen molar-refractivity contribution in [3.8, 4) is 11.1 Å². The van der Waals surface area contributed by atoms with E-state index in [4.69, 9.17) is 0 Å². The largest absolute Gasteiger partial charge is 0.322 e. The molecule has 3 rings (SSSR count). The van der Waals surface area contributed by atoms with Crippen LogP contribution in [0.25, 0.3) is 11.1 Å². The fourth-order valence-electron chi connectivity index (χ4n) is 2.85. The zero-order valence-electron chi connectivity index (χ0n) is 14.4. The third kappa shape index (κ3) is 3.59. The van der Waals surface area contributed by atoms with Gasteiger partial charge in [-0.1, -0.05) is 30.3 Å². The second-order valence-electron chi connectivity index (χ2n) is 5.90. The summed E-state index contributed by atoms with van der Waals surface area (Å²) in [7, 11) is 0. The molecule has 0 radical (unpaired) electrons. The van der Waals surface area contributed by atoms with Gasteiger partial charge in [0.1, 0.15) is 0 Å². The Hall–Kier alpha value is -3.54. The van der Waals surface area contributed by atoms with Gasteiger partial charge in [0.2, 0.25) is 0 Å². The Morgan fingerprint density at radius 3 is 2.46 bits per heavy atom. The molecule has 130 valence electrons. The molecule has 0 saturated carbocycles. The minimum Gasteiger partial charge on any atom is -0.322 e. The second kappa shape index (κ2) is 7.14. The second-order valence-corrected chi connectivity index (χ2v) is 5.90. The SMILES string of the molecule is Cc1cc(-c2cccc([N+](=O)[O-])c2)c(C(=O)Nc2ccccc2)c(C)n1. The molecule has 6 heteroatoms. The zero-order valence-corrected chi connectivity index (χ0v) is 14.4. The number of hydrogen-bond donors (Lipinski definition) is 1. The van der Waals surface area contributed by atoms with Crippen molar-refractivity contribution in [2.24, 2.45) is 0 Å². The molecule has 3 aromatic rings. The molecular weight excluding hydrogens is 330 g/mol. The van der Waals surface area contributed by atoms with Crippen molar-refractivity contribution in [2.75, 3.05) is 5.32 Å². The van der Waals surface area contributed by atoms with Crippen LogP contribution in [0, 0.1) is 24.0 Å². The standard InChI is InChI=1S/C20H17N3O3/c1-13-11-18(15-7-6-10-17(12-15)23(25)26)19(14(2)21-13)20(24)22-16-8-4-3-5-9-16/h3-12H,1-2H3,(H,22,24). The number of non-ortho nitro benzene ring substituents is 1. The molecule has 0 aliphatic rings. The Morgan fingerprint density at radius 2 is 1.77 bits per heavy atom. The average Bonchev–Trinajstić information content (AvgIpc) is 2.61. The highest BCUT2D eigenvalue weighted by Gasteiger charge is 2.19. The molecule has 0 fully saturated rings. The van der Waals surface area contributed by atoms with E-state index >= 15 is 0 Å². The van der Waals surface area contributed by atoms with Crippen LogP contribution in [-0.4, -0.2) is 15.8 Å². The lowest BCUT2D eigenvalue weighted by Crippen LogP contribution is -2.16. The predicted octanol–water partition coefficient (Wildman–Crippen LogP) is 4.53. The van der Waals surface area contributed by atoms with Gasteiger partial charge in [-0.3, -0.25) is 19.9 Å². The molecule has 0 atom stereocenters. The summed E-state index contributed by atoms with van der Waals surface area (Å²) in [5.41, 5.74) is 3.57. The molecule has 2 aromatic carbocycles. The Balaban J connectivity index is 2.10. The number of para-hydroxylation sites is 1. The number of benzene rings is 2. The number of aryl methyl sites for hydroxylation is 2. The van der Waals surface area contributed by atoms with E-state index in [1.54, 1.807) is 37.3 Å². The number of nitrogens with one attached hydrogen (secondary N) is 1. The summed E-state index contributed by atoms with van der Waals surface area (Å²) < 4.78 is 0. The minimum absolute atomic E-state index is 0.0240. The van der Waals surface area contributed by atoms with Crippen molar-refractivity contribution in [3.05, 3.63) is 87.7 Å². The van der Waals surface area contributed by atoms with Crippen molar-refractivity contribution in [2.45, 2.75) is 13.8 Å². The Labute approximate surface area is 150 Å². The average molecular weight is 347 g/mol. The van der Waals surface area contributed by atoms with Crippen LogP contribution in [-0.2, 0) is 0 Å². The Kier molecular flexibility index (Phi) is 4.75. The molecular formula is C20H17N3O3. The Morgan fingerprint density at radius 1 is 1.04 bits per heavy atom. The third-order valence-corrected chi connectivity index (χ3v) is 3.96. The Bertz CT molecular complexity index is 985. The van der Waals surface area contributed by atoms with Gasteiger partial charge in [-0.25, -0.2) is 0 Å². The van der Waals surface area contributed by atoms with Crippen LogP contribution in [0.3, 0.4) is 0 Å². The van der Waals surface area contributed by atoms with E-state index in [2.05, 4.69) is 10.3 Å². The van der Waals surface area contributed by atoms with E-state index in [1.807, 2.05) is 25.1 Å². The van der Waals surface area contributed by atoms with Crippen molar-refractivity contribution in [1.82, 2.24) is 4.98 Å². The summed E-state index contributed by atoms with van der Waals surface area (Å²) in [6, 6.07) is 17.1. The maximum Gasteiger partial charge on any atom is 0.270 e. The number of carbonyl (C=O) groups is 1. The number of nitrogens with zero attached hydrogens (tertiary/aromatic N) is 2. The zero-order chi connectivity index (χ0) is 18.7. The first-order chi connectivity index (χ1) is 12.5. The number of rotatable bonds is 4. The lowest BCUT2D eigenvalue weighted by molar-refractivity contribution is -0.384. The van der Waals surface area contributed by atoms with Gasteiger partial charge >= 0.3 is 0 Å². The third-order valence-electron chi connectivity index (χ3n) is 3.96. The lowest BCUT2D eigenvalue weighted by Gasteiger charge is -2.14. The van der Waals surface area contributed by atoms with Crippen molar-refractivity contribution >= 4 is 17.3 Å². The summed E-state index contributed by atoms with van der Waals surface area (Å²) in [4.78, 5) is 27.9. The minimum atomic E-state index is -0.450. The number of pyridine rings is 1. The quantitative estimate of drug-likeness (QED) is 0.555. The van der Waals surface area contributed by atoms with Crippen LogP contribution < -0.4 is 5.32 Å². The van der Waals surface area contributed by atoms with E-state index in [0.29, 0.717) is 28.1 Å². The number of amides is 1. The number of nitro groups is 1. The first-order valence-corrected chi connectivity index (χ1v) is 8.05. The summed E-state index contributed by atoms with van der Waals surface area (Å²) in [5, 5.41) is 13.9. The van der Waals surface area contributed by atoms with Crippen molar-refractivity contribution < 1.29 is 9.72 Å². The lowest BCUT2D eigenvalue weighted by atomic mass is 9.97. The molecule has 26 heavy (non-hydrogen) atoms. The molecule has 0 unspecified atom stereocenters. The van der Waals surface area contributed by atoms with Crippen molar-refractivity contribution in [3.63, 3.8) is 0 Å². The van der Waals surface area contributed by atoms with Gasteiger partial charge in [0, 0.05) is 23.5 Å². The fourth-order valence-corrected chi connectivity index (χ4v) is 2.85. The highest BCUT2D eigenvalue weighted by atomic mass is 16.6. The smallest absolute Gasteiger partial charge is 0.270 e. The van der Waals surface area contributed by atoms with Crippen LogP contribution >= 0.6 is 0 Å².